The van der Waals surface area contributed by atoms with Crippen molar-refractivity contribution in [3.63, 3.8) is 0 Å². The van der Waals surface area contributed by atoms with E-state index in [0.29, 0.717) is 11.7 Å². The SMILES string of the molecule is c1cc(-c2noc([C@H]3CCCNC3)n2)co1. The largest absolute Gasteiger partial charge is 0.472 e. The molecule has 5 heteroatoms. The first-order valence-electron chi connectivity index (χ1n) is 5.50. The third kappa shape index (κ3) is 1.74. The second-order valence-corrected chi connectivity index (χ2v) is 4.01. The van der Waals surface area contributed by atoms with Crippen molar-refractivity contribution in [3.8, 4) is 11.4 Å². The van der Waals surface area contributed by atoms with Crippen LogP contribution in [0.4, 0.5) is 0 Å². The lowest BCUT2D eigenvalue weighted by atomic mass is 10.00. The Morgan fingerprint density at radius 3 is 3.19 bits per heavy atom. The van der Waals surface area contributed by atoms with Gasteiger partial charge in [0, 0.05) is 6.54 Å². The molecule has 3 heterocycles. The predicted molar refractivity (Wildman–Crippen MR) is 56.8 cm³/mol. The maximum atomic E-state index is 5.29. The Kier molecular flexibility index (Phi) is 2.46. The van der Waals surface area contributed by atoms with Gasteiger partial charge in [0.15, 0.2) is 0 Å². The number of furan rings is 1. The molecular formula is C11H13N3O2. The summed E-state index contributed by atoms with van der Waals surface area (Å²) in [5, 5.41) is 7.29. The van der Waals surface area contributed by atoms with Gasteiger partial charge in [-0.05, 0) is 25.5 Å². The molecule has 1 fully saturated rings. The highest BCUT2D eigenvalue weighted by atomic mass is 16.5. The molecule has 0 spiro atoms. The lowest BCUT2D eigenvalue weighted by Gasteiger charge is -2.18. The monoisotopic (exact) mass is 219 g/mol. The first-order valence-corrected chi connectivity index (χ1v) is 5.50. The molecule has 2 aromatic rings. The lowest BCUT2D eigenvalue weighted by molar-refractivity contribution is 0.322. The van der Waals surface area contributed by atoms with Crippen molar-refractivity contribution in [2.24, 2.45) is 0 Å². The molecule has 16 heavy (non-hydrogen) atoms. The molecule has 1 aliphatic rings. The number of piperidine rings is 1. The summed E-state index contributed by atoms with van der Waals surface area (Å²) in [7, 11) is 0. The third-order valence-corrected chi connectivity index (χ3v) is 2.87. The molecule has 84 valence electrons. The van der Waals surface area contributed by atoms with Gasteiger partial charge in [-0.15, -0.1) is 0 Å². The van der Waals surface area contributed by atoms with Gasteiger partial charge in [-0.3, -0.25) is 0 Å². The van der Waals surface area contributed by atoms with Crippen LogP contribution in [0.2, 0.25) is 0 Å². The van der Waals surface area contributed by atoms with Crippen LogP contribution in [-0.4, -0.2) is 23.2 Å². The molecule has 0 saturated carbocycles. The van der Waals surface area contributed by atoms with Gasteiger partial charge in [-0.1, -0.05) is 5.16 Å². The summed E-state index contributed by atoms with van der Waals surface area (Å²) >= 11 is 0. The molecule has 0 amide bonds. The highest BCUT2D eigenvalue weighted by Crippen LogP contribution is 2.24. The molecule has 1 aliphatic heterocycles. The smallest absolute Gasteiger partial charge is 0.231 e. The zero-order valence-corrected chi connectivity index (χ0v) is 8.85. The van der Waals surface area contributed by atoms with Gasteiger partial charge in [0.25, 0.3) is 0 Å². The summed E-state index contributed by atoms with van der Waals surface area (Å²) in [5.74, 6) is 1.68. The fourth-order valence-corrected chi connectivity index (χ4v) is 1.97. The van der Waals surface area contributed by atoms with Crippen molar-refractivity contribution in [2.45, 2.75) is 18.8 Å². The van der Waals surface area contributed by atoms with Crippen LogP contribution in [0.3, 0.4) is 0 Å². The number of hydrogen-bond donors (Lipinski definition) is 1. The Bertz CT molecular complexity index is 444. The topological polar surface area (TPSA) is 64.1 Å². The van der Waals surface area contributed by atoms with E-state index in [4.69, 9.17) is 8.94 Å². The van der Waals surface area contributed by atoms with Crippen LogP contribution >= 0.6 is 0 Å². The van der Waals surface area contributed by atoms with Crippen LogP contribution in [0, 0.1) is 0 Å². The molecule has 2 aromatic heterocycles. The Labute approximate surface area is 92.8 Å². The fourth-order valence-electron chi connectivity index (χ4n) is 1.97. The number of nitrogens with one attached hydrogen (secondary N) is 1. The van der Waals surface area contributed by atoms with Crippen molar-refractivity contribution in [2.75, 3.05) is 13.1 Å². The molecule has 0 aromatic carbocycles. The van der Waals surface area contributed by atoms with Crippen LogP contribution in [0.5, 0.6) is 0 Å². The minimum Gasteiger partial charge on any atom is -0.472 e. The molecule has 0 unspecified atom stereocenters. The van der Waals surface area contributed by atoms with E-state index in [1.54, 1.807) is 12.5 Å². The average Bonchev–Trinajstić information content (AvgIpc) is 3.01. The summed E-state index contributed by atoms with van der Waals surface area (Å²) in [4.78, 5) is 4.40. The highest BCUT2D eigenvalue weighted by Gasteiger charge is 2.21. The molecule has 1 atom stereocenters. The highest BCUT2D eigenvalue weighted by molar-refractivity contribution is 5.51. The van der Waals surface area contributed by atoms with Crippen molar-refractivity contribution < 1.29 is 8.94 Å². The van der Waals surface area contributed by atoms with Gasteiger partial charge in [-0.25, -0.2) is 0 Å². The van der Waals surface area contributed by atoms with Gasteiger partial charge in [-0.2, -0.15) is 4.98 Å². The van der Waals surface area contributed by atoms with E-state index >= 15 is 0 Å². The quantitative estimate of drug-likeness (QED) is 0.834. The fraction of sp³-hybridized carbons (Fsp3) is 0.455. The number of aromatic nitrogens is 2. The summed E-state index contributed by atoms with van der Waals surface area (Å²) in [6.45, 7) is 2.01. The first-order chi connectivity index (χ1) is 7.93. The van der Waals surface area contributed by atoms with Crippen molar-refractivity contribution in [1.82, 2.24) is 15.5 Å². The van der Waals surface area contributed by atoms with E-state index in [2.05, 4.69) is 15.5 Å². The maximum absolute atomic E-state index is 5.29. The van der Waals surface area contributed by atoms with Gasteiger partial charge < -0.3 is 14.3 Å². The van der Waals surface area contributed by atoms with Crippen molar-refractivity contribution in [1.29, 1.82) is 0 Å². The molecule has 0 bridgehead atoms. The van der Waals surface area contributed by atoms with Gasteiger partial charge in [0.1, 0.15) is 6.26 Å². The number of hydrogen-bond acceptors (Lipinski definition) is 5. The number of rotatable bonds is 2. The summed E-state index contributed by atoms with van der Waals surface area (Å²) in [6.07, 6.45) is 5.50. The van der Waals surface area contributed by atoms with E-state index < -0.39 is 0 Å². The van der Waals surface area contributed by atoms with Crippen molar-refractivity contribution in [3.05, 3.63) is 24.5 Å². The Balaban J connectivity index is 1.82. The molecule has 1 N–H and O–H groups in total. The molecule has 5 nitrogen and oxygen atoms in total. The van der Waals surface area contributed by atoms with Crippen LogP contribution in [0.1, 0.15) is 24.7 Å². The molecule has 0 radical (unpaired) electrons. The summed E-state index contributed by atoms with van der Waals surface area (Å²) < 4.78 is 10.3. The minimum atomic E-state index is 0.349. The lowest BCUT2D eigenvalue weighted by Crippen LogP contribution is -2.28. The van der Waals surface area contributed by atoms with Crippen LogP contribution in [0.25, 0.3) is 11.4 Å². The minimum absolute atomic E-state index is 0.349. The molecule has 0 aliphatic carbocycles. The standard InChI is InChI=1S/C11H13N3O2/c1-2-8(6-12-4-1)11-13-10(14-16-11)9-3-5-15-7-9/h3,5,7-8,12H,1-2,4,6H2/t8-/m0/s1. The second-order valence-electron chi connectivity index (χ2n) is 4.01. The van der Waals surface area contributed by atoms with Crippen molar-refractivity contribution >= 4 is 0 Å². The Morgan fingerprint density at radius 2 is 2.44 bits per heavy atom. The van der Waals surface area contributed by atoms with Crippen LogP contribution in [0.15, 0.2) is 27.5 Å². The van der Waals surface area contributed by atoms with Gasteiger partial charge in [0.2, 0.25) is 11.7 Å². The average molecular weight is 219 g/mol. The van der Waals surface area contributed by atoms with E-state index in [1.807, 2.05) is 6.07 Å². The molecular weight excluding hydrogens is 206 g/mol. The second kappa shape index (κ2) is 4.09. The summed E-state index contributed by atoms with van der Waals surface area (Å²) in [6, 6.07) is 1.83. The molecule has 1 saturated heterocycles. The third-order valence-electron chi connectivity index (χ3n) is 2.87. The summed E-state index contributed by atoms with van der Waals surface area (Å²) in [5.41, 5.74) is 0.860. The zero-order valence-electron chi connectivity index (χ0n) is 8.85. The first kappa shape index (κ1) is 9.59. The van der Waals surface area contributed by atoms with E-state index in [-0.39, 0.29) is 0 Å². The van der Waals surface area contributed by atoms with E-state index in [0.717, 1.165) is 37.4 Å². The number of nitrogens with zero attached hydrogens (tertiary/aromatic N) is 2. The van der Waals surface area contributed by atoms with E-state index in [9.17, 15) is 0 Å². The maximum Gasteiger partial charge on any atom is 0.231 e. The van der Waals surface area contributed by atoms with E-state index in [1.165, 1.54) is 0 Å². The van der Waals surface area contributed by atoms with Gasteiger partial charge in [0.05, 0.1) is 17.7 Å². The van der Waals surface area contributed by atoms with Gasteiger partial charge >= 0.3 is 0 Å². The Hall–Kier alpha value is -1.62. The zero-order chi connectivity index (χ0) is 10.8. The van der Waals surface area contributed by atoms with Crippen LogP contribution in [-0.2, 0) is 0 Å². The predicted octanol–water partition coefficient (Wildman–Crippen LogP) is 1.80. The Morgan fingerprint density at radius 1 is 1.44 bits per heavy atom. The molecule has 3 rings (SSSR count). The normalized spacial score (nSPS) is 21.1. The van der Waals surface area contributed by atoms with Crippen LogP contribution < -0.4 is 5.32 Å².